The minimum absolute atomic E-state index is 0. The third-order valence-electron chi connectivity index (χ3n) is 3.74. The van der Waals surface area contributed by atoms with Crippen LogP contribution in [0.3, 0.4) is 0 Å². The molecule has 0 aliphatic heterocycles. The predicted molar refractivity (Wildman–Crippen MR) is 91.5 cm³/mol. The Balaban J connectivity index is 0.00000192. The fourth-order valence-electron chi connectivity index (χ4n) is 2.34. The summed E-state index contributed by atoms with van der Waals surface area (Å²) in [6.07, 6.45) is 3.89. The molecule has 0 spiro atoms. The number of nitrogens with zero attached hydrogens (tertiary/aromatic N) is 2. The van der Waals surface area contributed by atoms with Crippen molar-refractivity contribution in [2.75, 3.05) is 6.54 Å². The van der Waals surface area contributed by atoms with Crippen molar-refractivity contribution in [3.05, 3.63) is 46.4 Å². The van der Waals surface area contributed by atoms with E-state index in [0.29, 0.717) is 28.3 Å². The molecule has 1 fully saturated rings. The van der Waals surface area contributed by atoms with Gasteiger partial charge in [0.05, 0.1) is 10.2 Å². The molecule has 5 nitrogen and oxygen atoms in total. The van der Waals surface area contributed by atoms with E-state index in [2.05, 4.69) is 26.3 Å². The summed E-state index contributed by atoms with van der Waals surface area (Å²) < 4.78 is 15.1. The number of hydrogen-bond donors (Lipinski definition) is 2. The lowest BCUT2D eigenvalue weighted by atomic mass is 10.2. The number of rotatable bonds is 5. The largest absolute Gasteiger partial charge is 0.346 e. The number of nitrogens with two attached hydrogens (primary N) is 1. The number of nitrogens with one attached hydrogen (secondary N) is 1. The first-order valence-electron chi connectivity index (χ1n) is 7.10. The Kier molecular flexibility index (Phi) is 5.78. The summed E-state index contributed by atoms with van der Waals surface area (Å²) >= 11 is 3.34. The lowest BCUT2D eigenvalue weighted by Crippen LogP contribution is -2.42. The number of benzene rings is 1. The zero-order chi connectivity index (χ0) is 15.7. The molecule has 1 aliphatic rings. The molecule has 3 N–H and O–H groups in total. The minimum atomic E-state index is -0.317. The molecular formula is C15H17BrClFN4O. The maximum atomic E-state index is 13.0. The standard InChI is InChI=1S/C15H16BrFN4O.ClH/c16-12-8-21(11-5-3-10(17)4-6-11)20-14(12)15(22)19-13(7-18)9-1-2-9;/h3-6,8-9,13H,1-2,7,18H2,(H,19,22);1H. The molecule has 23 heavy (non-hydrogen) atoms. The van der Waals surface area contributed by atoms with Gasteiger partial charge in [-0.2, -0.15) is 5.10 Å². The number of halogens is 3. The van der Waals surface area contributed by atoms with Gasteiger partial charge in [-0.15, -0.1) is 12.4 Å². The molecule has 0 saturated heterocycles. The predicted octanol–water partition coefficient (Wildman–Crippen LogP) is 2.66. The van der Waals surface area contributed by atoms with Crippen molar-refractivity contribution in [1.29, 1.82) is 0 Å². The van der Waals surface area contributed by atoms with Gasteiger partial charge >= 0.3 is 0 Å². The highest BCUT2D eigenvalue weighted by Crippen LogP contribution is 2.32. The van der Waals surface area contributed by atoms with Crippen molar-refractivity contribution in [2.45, 2.75) is 18.9 Å². The fourth-order valence-corrected chi connectivity index (χ4v) is 2.79. The van der Waals surface area contributed by atoms with Gasteiger partial charge in [-0.1, -0.05) is 0 Å². The van der Waals surface area contributed by atoms with Crippen LogP contribution in [-0.2, 0) is 0 Å². The third kappa shape index (κ3) is 4.10. The summed E-state index contributed by atoms with van der Waals surface area (Å²) in [6.45, 7) is 0.423. The van der Waals surface area contributed by atoms with Gasteiger partial charge in [0.2, 0.25) is 0 Å². The molecule has 1 saturated carbocycles. The molecule has 0 radical (unpaired) electrons. The van der Waals surface area contributed by atoms with E-state index in [9.17, 15) is 9.18 Å². The van der Waals surface area contributed by atoms with E-state index >= 15 is 0 Å². The van der Waals surface area contributed by atoms with Crippen LogP contribution in [0.25, 0.3) is 5.69 Å². The van der Waals surface area contributed by atoms with Gasteiger partial charge in [0.1, 0.15) is 5.82 Å². The van der Waals surface area contributed by atoms with E-state index in [4.69, 9.17) is 5.73 Å². The van der Waals surface area contributed by atoms with Crippen LogP contribution < -0.4 is 11.1 Å². The molecule has 1 heterocycles. The average Bonchev–Trinajstić information content (AvgIpc) is 3.27. The van der Waals surface area contributed by atoms with Gasteiger partial charge in [-0.05, 0) is 59.0 Å². The molecular weight excluding hydrogens is 387 g/mol. The maximum absolute atomic E-state index is 13.0. The van der Waals surface area contributed by atoms with Gasteiger partial charge in [0.15, 0.2) is 5.69 Å². The second-order valence-corrected chi connectivity index (χ2v) is 6.25. The summed E-state index contributed by atoms with van der Waals surface area (Å²) in [5.41, 5.74) is 6.68. The Morgan fingerprint density at radius 1 is 1.43 bits per heavy atom. The summed E-state index contributed by atoms with van der Waals surface area (Å²) in [5, 5.41) is 7.20. The van der Waals surface area contributed by atoms with Crippen molar-refractivity contribution >= 4 is 34.2 Å². The number of hydrogen-bond acceptors (Lipinski definition) is 3. The van der Waals surface area contributed by atoms with Gasteiger partial charge in [0, 0.05) is 18.8 Å². The van der Waals surface area contributed by atoms with E-state index in [1.807, 2.05) is 0 Å². The van der Waals surface area contributed by atoms with Crippen LogP contribution in [0.5, 0.6) is 0 Å². The fraction of sp³-hybridized carbons (Fsp3) is 0.333. The monoisotopic (exact) mass is 402 g/mol. The van der Waals surface area contributed by atoms with Crippen molar-refractivity contribution in [3.63, 3.8) is 0 Å². The molecule has 2 aromatic rings. The Morgan fingerprint density at radius 3 is 2.65 bits per heavy atom. The Labute approximate surface area is 148 Å². The average molecular weight is 404 g/mol. The number of amides is 1. The lowest BCUT2D eigenvalue weighted by Gasteiger charge is -2.15. The van der Waals surface area contributed by atoms with Crippen LogP contribution in [0.4, 0.5) is 4.39 Å². The highest BCUT2D eigenvalue weighted by molar-refractivity contribution is 9.10. The molecule has 1 amide bonds. The molecule has 124 valence electrons. The Hall–Kier alpha value is -1.44. The minimum Gasteiger partial charge on any atom is -0.346 e. The number of aromatic nitrogens is 2. The smallest absolute Gasteiger partial charge is 0.273 e. The lowest BCUT2D eigenvalue weighted by molar-refractivity contribution is 0.0927. The van der Waals surface area contributed by atoms with Crippen LogP contribution in [-0.4, -0.2) is 28.3 Å². The first-order chi connectivity index (χ1) is 10.6. The quantitative estimate of drug-likeness (QED) is 0.806. The summed E-state index contributed by atoms with van der Waals surface area (Å²) in [4.78, 5) is 12.3. The van der Waals surface area contributed by atoms with Gasteiger partial charge in [0.25, 0.3) is 5.91 Å². The van der Waals surface area contributed by atoms with Crippen LogP contribution in [0.2, 0.25) is 0 Å². The number of carbonyl (C=O) groups excluding carboxylic acids is 1. The molecule has 1 unspecified atom stereocenters. The van der Waals surface area contributed by atoms with E-state index in [1.165, 1.54) is 16.8 Å². The normalized spacial score (nSPS) is 14.9. The second kappa shape index (κ2) is 7.42. The van der Waals surface area contributed by atoms with E-state index in [-0.39, 0.29) is 30.2 Å². The van der Waals surface area contributed by atoms with Gasteiger partial charge < -0.3 is 11.1 Å². The highest BCUT2D eigenvalue weighted by Gasteiger charge is 2.32. The maximum Gasteiger partial charge on any atom is 0.273 e. The molecule has 1 aliphatic carbocycles. The Morgan fingerprint density at radius 2 is 2.09 bits per heavy atom. The van der Waals surface area contributed by atoms with E-state index in [1.54, 1.807) is 18.3 Å². The van der Waals surface area contributed by atoms with Gasteiger partial charge in [-0.25, -0.2) is 9.07 Å². The summed E-state index contributed by atoms with van der Waals surface area (Å²) in [7, 11) is 0. The molecule has 1 atom stereocenters. The van der Waals surface area contributed by atoms with Crippen LogP contribution in [0.1, 0.15) is 23.3 Å². The molecule has 1 aromatic heterocycles. The molecule has 0 bridgehead atoms. The van der Waals surface area contributed by atoms with Gasteiger partial charge in [-0.3, -0.25) is 4.79 Å². The second-order valence-electron chi connectivity index (χ2n) is 5.40. The van der Waals surface area contributed by atoms with Crippen molar-refractivity contribution in [1.82, 2.24) is 15.1 Å². The van der Waals surface area contributed by atoms with Crippen LogP contribution in [0.15, 0.2) is 34.9 Å². The van der Waals surface area contributed by atoms with Crippen LogP contribution >= 0.6 is 28.3 Å². The summed E-state index contributed by atoms with van der Waals surface area (Å²) in [6, 6.07) is 5.90. The number of carbonyl (C=O) groups is 1. The summed E-state index contributed by atoms with van der Waals surface area (Å²) in [5.74, 6) is -0.0924. The zero-order valence-corrected chi connectivity index (χ0v) is 14.6. The van der Waals surface area contributed by atoms with Crippen molar-refractivity contribution < 1.29 is 9.18 Å². The highest BCUT2D eigenvalue weighted by atomic mass is 79.9. The molecule has 3 rings (SSSR count). The first kappa shape index (κ1) is 17.9. The third-order valence-corrected chi connectivity index (χ3v) is 4.32. The van der Waals surface area contributed by atoms with E-state index in [0.717, 1.165) is 12.8 Å². The zero-order valence-electron chi connectivity index (χ0n) is 12.2. The van der Waals surface area contributed by atoms with E-state index < -0.39 is 0 Å². The Bertz CT molecular complexity index is 687. The van der Waals surface area contributed by atoms with Crippen molar-refractivity contribution in [2.24, 2.45) is 11.7 Å². The molecule has 1 aromatic carbocycles. The molecule has 8 heteroatoms. The van der Waals surface area contributed by atoms with Crippen LogP contribution in [0, 0.1) is 11.7 Å². The topological polar surface area (TPSA) is 72.9 Å². The SMILES string of the molecule is Cl.NCC(NC(=O)c1nn(-c2ccc(F)cc2)cc1Br)C1CC1. The first-order valence-corrected chi connectivity index (χ1v) is 7.90. The van der Waals surface area contributed by atoms with Crippen molar-refractivity contribution in [3.8, 4) is 5.69 Å².